The Bertz CT molecular complexity index is 556. The molecule has 1 aromatic rings. The smallest absolute Gasteiger partial charge is 0.233 e. The van der Waals surface area contributed by atoms with Crippen molar-refractivity contribution >= 4 is 21.4 Å². The molecule has 0 bridgehead atoms. The number of benzene rings is 1. The maximum Gasteiger partial charge on any atom is 0.233 e. The molecule has 1 aliphatic rings. The molecule has 5 nitrogen and oxygen atoms in total. The zero-order chi connectivity index (χ0) is 15.5. The van der Waals surface area contributed by atoms with E-state index in [0.717, 1.165) is 31.9 Å². The van der Waals surface area contributed by atoms with Crippen molar-refractivity contribution in [3.8, 4) is 0 Å². The van der Waals surface area contributed by atoms with E-state index in [1.807, 2.05) is 45.0 Å². The van der Waals surface area contributed by atoms with Crippen LogP contribution in [0.25, 0.3) is 0 Å². The number of hydrogen-bond donors (Lipinski definition) is 2. The van der Waals surface area contributed by atoms with Crippen LogP contribution in [0.3, 0.4) is 0 Å². The van der Waals surface area contributed by atoms with Crippen LogP contribution in [0, 0.1) is 5.41 Å². The van der Waals surface area contributed by atoms with E-state index in [9.17, 15) is 8.42 Å². The van der Waals surface area contributed by atoms with E-state index in [-0.39, 0.29) is 11.2 Å². The van der Waals surface area contributed by atoms with E-state index in [2.05, 4.69) is 14.9 Å². The fourth-order valence-electron chi connectivity index (χ4n) is 2.45. The molecule has 0 saturated carbocycles. The normalized spacial score (nSPS) is 16.8. The first-order chi connectivity index (χ1) is 9.75. The van der Waals surface area contributed by atoms with Gasteiger partial charge in [-0.3, -0.25) is 4.72 Å². The van der Waals surface area contributed by atoms with Gasteiger partial charge in [0.2, 0.25) is 10.0 Å². The Hall–Kier alpha value is -1.27. The van der Waals surface area contributed by atoms with Crippen molar-refractivity contribution in [2.75, 3.05) is 41.6 Å². The summed E-state index contributed by atoms with van der Waals surface area (Å²) in [7, 11) is -3.30. The molecule has 0 atom stereocenters. The van der Waals surface area contributed by atoms with Gasteiger partial charge in [0.25, 0.3) is 0 Å². The molecular formula is C15H25N3O2S. The Kier molecular flexibility index (Phi) is 4.78. The zero-order valence-electron chi connectivity index (χ0n) is 13.0. The summed E-state index contributed by atoms with van der Waals surface area (Å²) in [5.41, 5.74) is 1.50. The lowest BCUT2D eigenvalue weighted by Gasteiger charge is -2.29. The fourth-order valence-corrected chi connectivity index (χ4v) is 4.16. The maximum atomic E-state index is 12.1. The third-order valence-electron chi connectivity index (χ3n) is 3.25. The molecule has 1 fully saturated rings. The molecule has 0 spiro atoms. The van der Waals surface area contributed by atoms with Crippen LogP contribution in [0.2, 0.25) is 0 Å². The highest BCUT2D eigenvalue weighted by Gasteiger charge is 2.21. The molecule has 2 rings (SSSR count). The van der Waals surface area contributed by atoms with Gasteiger partial charge in [-0.1, -0.05) is 20.8 Å². The number of nitrogens with zero attached hydrogens (tertiary/aromatic N) is 1. The number of piperazine rings is 1. The Morgan fingerprint density at radius 2 is 1.71 bits per heavy atom. The van der Waals surface area contributed by atoms with E-state index in [4.69, 9.17) is 0 Å². The Morgan fingerprint density at radius 1 is 1.14 bits per heavy atom. The van der Waals surface area contributed by atoms with Crippen LogP contribution in [0.5, 0.6) is 0 Å². The first kappa shape index (κ1) is 16.1. The van der Waals surface area contributed by atoms with Gasteiger partial charge in [-0.05, 0) is 29.7 Å². The summed E-state index contributed by atoms with van der Waals surface area (Å²) < 4.78 is 26.8. The second-order valence-corrected chi connectivity index (χ2v) is 8.43. The van der Waals surface area contributed by atoms with Gasteiger partial charge >= 0.3 is 0 Å². The molecule has 118 valence electrons. The van der Waals surface area contributed by atoms with Crippen LogP contribution in [0.4, 0.5) is 11.4 Å². The van der Waals surface area contributed by atoms with Gasteiger partial charge in [0.05, 0.1) is 5.75 Å². The molecule has 0 unspecified atom stereocenters. The summed E-state index contributed by atoms with van der Waals surface area (Å²) >= 11 is 0. The van der Waals surface area contributed by atoms with Gasteiger partial charge in [-0.2, -0.15) is 0 Å². The average Bonchev–Trinajstić information content (AvgIpc) is 2.37. The van der Waals surface area contributed by atoms with Crippen molar-refractivity contribution in [1.82, 2.24) is 5.32 Å². The number of anilines is 2. The maximum absolute atomic E-state index is 12.1. The van der Waals surface area contributed by atoms with Crippen molar-refractivity contribution in [2.45, 2.75) is 20.8 Å². The minimum absolute atomic E-state index is 0.111. The van der Waals surface area contributed by atoms with Gasteiger partial charge in [0.15, 0.2) is 0 Å². The lowest BCUT2D eigenvalue weighted by molar-refractivity contribution is 0.463. The van der Waals surface area contributed by atoms with E-state index < -0.39 is 10.0 Å². The fraction of sp³-hybridized carbons (Fsp3) is 0.600. The average molecular weight is 311 g/mol. The first-order valence-electron chi connectivity index (χ1n) is 7.31. The van der Waals surface area contributed by atoms with Gasteiger partial charge in [0.1, 0.15) is 0 Å². The minimum Gasteiger partial charge on any atom is -0.369 e. The van der Waals surface area contributed by atoms with Crippen LogP contribution in [-0.4, -0.2) is 40.3 Å². The second kappa shape index (κ2) is 6.23. The van der Waals surface area contributed by atoms with Crippen molar-refractivity contribution in [1.29, 1.82) is 0 Å². The summed E-state index contributed by atoms with van der Waals surface area (Å²) in [4.78, 5) is 2.30. The topological polar surface area (TPSA) is 61.4 Å². The Morgan fingerprint density at radius 3 is 2.24 bits per heavy atom. The molecule has 2 N–H and O–H groups in total. The van der Waals surface area contributed by atoms with Gasteiger partial charge in [-0.25, -0.2) is 8.42 Å². The monoisotopic (exact) mass is 311 g/mol. The van der Waals surface area contributed by atoms with Crippen LogP contribution in [0.1, 0.15) is 20.8 Å². The van der Waals surface area contributed by atoms with Gasteiger partial charge in [-0.15, -0.1) is 0 Å². The summed E-state index contributed by atoms with van der Waals surface area (Å²) in [6, 6.07) is 7.61. The number of hydrogen-bond acceptors (Lipinski definition) is 4. The zero-order valence-corrected chi connectivity index (χ0v) is 13.8. The van der Waals surface area contributed by atoms with Crippen LogP contribution >= 0.6 is 0 Å². The molecule has 1 heterocycles. The first-order valence-corrected chi connectivity index (χ1v) is 8.97. The van der Waals surface area contributed by atoms with E-state index in [0.29, 0.717) is 5.69 Å². The lowest BCUT2D eigenvalue weighted by Crippen LogP contribution is -2.43. The third kappa shape index (κ3) is 5.21. The third-order valence-corrected chi connectivity index (χ3v) is 5.04. The van der Waals surface area contributed by atoms with E-state index in [1.54, 1.807) is 0 Å². The molecule has 0 radical (unpaired) electrons. The van der Waals surface area contributed by atoms with Crippen molar-refractivity contribution in [3.05, 3.63) is 24.3 Å². The van der Waals surface area contributed by atoms with Crippen molar-refractivity contribution in [2.24, 2.45) is 5.41 Å². The van der Waals surface area contributed by atoms with Gasteiger partial charge < -0.3 is 10.2 Å². The standard InChI is InChI=1S/C15H25N3O2S/c1-15(2,3)12-21(19,20)17-13-4-6-14(7-5-13)18-10-8-16-9-11-18/h4-7,16-17H,8-12H2,1-3H3. The quantitative estimate of drug-likeness (QED) is 0.891. The van der Waals surface area contributed by atoms with Crippen molar-refractivity contribution < 1.29 is 8.42 Å². The van der Waals surface area contributed by atoms with Gasteiger partial charge in [0, 0.05) is 37.6 Å². The number of rotatable bonds is 4. The minimum atomic E-state index is -3.30. The molecule has 0 aromatic heterocycles. The summed E-state index contributed by atoms with van der Waals surface area (Å²) in [5, 5.41) is 3.32. The molecule has 1 aliphatic heterocycles. The van der Waals surface area contributed by atoms with Crippen molar-refractivity contribution in [3.63, 3.8) is 0 Å². The molecule has 1 saturated heterocycles. The Balaban J connectivity index is 2.02. The van der Waals surface area contributed by atoms with E-state index >= 15 is 0 Å². The highest BCUT2D eigenvalue weighted by molar-refractivity contribution is 7.92. The Labute approximate surface area is 127 Å². The van der Waals surface area contributed by atoms with Crippen LogP contribution in [0.15, 0.2) is 24.3 Å². The molecule has 21 heavy (non-hydrogen) atoms. The summed E-state index contributed by atoms with van der Waals surface area (Å²) in [6.07, 6.45) is 0. The summed E-state index contributed by atoms with van der Waals surface area (Å²) in [6.45, 7) is 9.68. The number of sulfonamides is 1. The predicted molar refractivity (Wildman–Crippen MR) is 88.4 cm³/mol. The van der Waals surface area contributed by atoms with E-state index in [1.165, 1.54) is 0 Å². The largest absolute Gasteiger partial charge is 0.369 e. The van der Waals surface area contributed by atoms with Crippen LogP contribution < -0.4 is 14.9 Å². The molecule has 0 amide bonds. The highest BCUT2D eigenvalue weighted by atomic mass is 32.2. The predicted octanol–water partition coefficient (Wildman–Crippen LogP) is 1.88. The molecule has 0 aliphatic carbocycles. The molecular weight excluding hydrogens is 286 g/mol. The summed E-state index contributed by atoms with van der Waals surface area (Å²) in [5.74, 6) is 0.111. The number of nitrogens with one attached hydrogen (secondary N) is 2. The highest BCUT2D eigenvalue weighted by Crippen LogP contribution is 2.21. The molecule has 6 heteroatoms. The lowest BCUT2D eigenvalue weighted by atomic mass is 10.0. The van der Waals surface area contributed by atoms with Crippen LogP contribution in [-0.2, 0) is 10.0 Å². The SMILES string of the molecule is CC(C)(C)CS(=O)(=O)Nc1ccc(N2CCNCC2)cc1. The second-order valence-electron chi connectivity index (χ2n) is 6.71. The molecule has 1 aromatic carbocycles.